The molecule has 2 heterocycles. The van der Waals surface area contributed by atoms with Crippen LogP contribution in [0.15, 0.2) is 77.0 Å². The van der Waals surface area contributed by atoms with Crippen molar-refractivity contribution in [1.82, 2.24) is 4.98 Å². The van der Waals surface area contributed by atoms with Gasteiger partial charge in [0.05, 0.1) is 11.3 Å². The Labute approximate surface area is 293 Å². The SMILES string of the molecule is CC(C)CC(=O)/C=C(\O)CC(C)C.[Ir].[c-]1c(C2CCCC2)cc2c(oc3ccccc32)c1-c1nccc2cc(C3CCCC3)ccc12. The van der Waals surface area contributed by atoms with Gasteiger partial charge in [0.15, 0.2) is 5.78 Å². The predicted octanol–water partition coefficient (Wildman–Crippen LogP) is 12.0. The Morgan fingerprint density at radius 2 is 1.55 bits per heavy atom. The van der Waals surface area contributed by atoms with E-state index in [1.165, 1.54) is 90.1 Å². The van der Waals surface area contributed by atoms with Crippen molar-refractivity contribution in [2.24, 2.45) is 11.8 Å². The molecule has 2 aliphatic rings. The second-order valence-corrected chi connectivity index (χ2v) is 14.3. The van der Waals surface area contributed by atoms with Crippen molar-refractivity contribution in [2.45, 2.75) is 104 Å². The third-order valence-corrected chi connectivity index (χ3v) is 9.63. The number of hydrogen-bond donors (Lipinski definition) is 1. The minimum absolute atomic E-state index is 0. The van der Waals surface area contributed by atoms with Crippen molar-refractivity contribution >= 4 is 38.5 Å². The smallest absolute Gasteiger partial charge is 0.159 e. The van der Waals surface area contributed by atoms with Gasteiger partial charge in [0.2, 0.25) is 0 Å². The zero-order chi connectivity index (χ0) is 32.2. The summed E-state index contributed by atoms with van der Waals surface area (Å²) in [7, 11) is 0. The van der Waals surface area contributed by atoms with Crippen molar-refractivity contribution in [3.63, 3.8) is 0 Å². The van der Waals surface area contributed by atoms with Crippen molar-refractivity contribution in [2.75, 3.05) is 0 Å². The van der Waals surface area contributed by atoms with Crippen LogP contribution in [0.2, 0.25) is 0 Å². The first-order valence-corrected chi connectivity index (χ1v) is 17.5. The molecule has 249 valence electrons. The number of benzene rings is 3. The quantitative estimate of drug-likeness (QED) is 0.0964. The first-order chi connectivity index (χ1) is 22.3. The Morgan fingerprint density at radius 1 is 0.872 bits per heavy atom. The van der Waals surface area contributed by atoms with Crippen LogP contribution in [0.25, 0.3) is 44.0 Å². The van der Waals surface area contributed by atoms with Crippen LogP contribution in [-0.4, -0.2) is 15.9 Å². The van der Waals surface area contributed by atoms with Crippen LogP contribution in [0.5, 0.6) is 0 Å². The molecule has 0 bridgehead atoms. The maximum atomic E-state index is 11.2. The average molecular weight is 807 g/mol. The molecule has 0 unspecified atom stereocenters. The summed E-state index contributed by atoms with van der Waals surface area (Å²) in [4.78, 5) is 16.1. The van der Waals surface area contributed by atoms with Crippen molar-refractivity contribution in [1.29, 1.82) is 0 Å². The first-order valence-electron chi connectivity index (χ1n) is 17.5. The number of carbonyl (C=O) groups is 1. The molecule has 7 rings (SSSR count). The molecule has 47 heavy (non-hydrogen) atoms. The summed E-state index contributed by atoms with van der Waals surface area (Å²) in [5, 5.41) is 14.2. The number of fused-ring (bicyclic) bond motifs is 4. The fourth-order valence-electron chi connectivity index (χ4n) is 7.44. The summed E-state index contributed by atoms with van der Waals surface area (Å²) in [6.07, 6.45) is 14.9. The van der Waals surface area contributed by atoms with Crippen LogP contribution >= 0.6 is 0 Å². The van der Waals surface area contributed by atoms with Crippen LogP contribution in [0, 0.1) is 17.9 Å². The first kappa shape index (κ1) is 35.0. The van der Waals surface area contributed by atoms with E-state index in [0.717, 1.165) is 22.4 Å². The van der Waals surface area contributed by atoms with Gasteiger partial charge in [-0.2, -0.15) is 0 Å². The van der Waals surface area contributed by atoms with Crippen molar-refractivity contribution in [3.05, 3.63) is 89.8 Å². The molecule has 0 atom stereocenters. The normalized spacial score (nSPS) is 15.9. The fraction of sp³-hybridized carbons (Fsp3) is 0.429. The summed E-state index contributed by atoms with van der Waals surface area (Å²) in [5.41, 5.74) is 6.67. The molecule has 4 nitrogen and oxygen atoms in total. The van der Waals surface area contributed by atoms with E-state index < -0.39 is 0 Å². The van der Waals surface area contributed by atoms with Gasteiger partial charge in [-0.25, -0.2) is 0 Å². The van der Waals surface area contributed by atoms with Gasteiger partial charge in [-0.05, 0) is 83.5 Å². The van der Waals surface area contributed by atoms with Crippen molar-refractivity contribution in [3.8, 4) is 11.3 Å². The molecule has 5 aromatic rings. The number of hydrogen-bond acceptors (Lipinski definition) is 4. The number of aromatic nitrogens is 1. The van der Waals surface area contributed by atoms with Crippen molar-refractivity contribution < 1.29 is 34.4 Å². The van der Waals surface area contributed by atoms with E-state index in [1.807, 2.05) is 40.0 Å². The molecular formula is C42H48IrNO3-. The third kappa shape index (κ3) is 8.24. The average Bonchev–Trinajstić information content (AvgIpc) is 3.81. The van der Waals surface area contributed by atoms with Gasteiger partial charge in [0.25, 0.3) is 0 Å². The fourth-order valence-corrected chi connectivity index (χ4v) is 7.44. The number of ketones is 1. The Hall–Kier alpha value is -3.27. The van der Waals surface area contributed by atoms with E-state index in [4.69, 9.17) is 9.40 Å². The number of rotatable bonds is 8. The number of carbonyl (C=O) groups excluding carboxylic acids is 1. The van der Waals surface area contributed by atoms with Crippen LogP contribution in [0.4, 0.5) is 0 Å². The molecule has 0 spiro atoms. The number of pyridine rings is 1. The molecular weight excluding hydrogens is 759 g/mol. The molecule has 2 aliphatic carbocycles. The zero-order valence-corrected chi connectivity index (χ0v) is 30.7. The summed E-state index contributed by atoms with van der Waals surface area (Å²) >= 11 is 0. The van der Waals surface area contributed by atoms with E-state index in [0.29, 0.717) is 36.5 Å². The third-order valence-electron chi connectivity index (χ3n) is 9.63. The topological polar surface area (TPSA) is 63.3 Å². The predicted molar refractivity (Wildman–Crippen MR) is 190 cm³/mol. The molecule has 1 radical (unpaired) electrons. The van der Waals surface area contributed by atoms with Crippen LogP contribution in [0.3, 0.4) is 0 Å². The second kappa shape index (κ2) is 15.8. The molecule has 1 N–H and O–H groups in total. The molecule has 0 saturated heterocycles. The van der Waals surface area contributed by atoms with Gasteiger partial charge >= 0.3 is 0 Å². The largest absolute Gasteiger partial charge is 0.512 e. The standard InChI is InChI=1S/C31H28NO.C11H20O2.Ir/c1-2-8-20(7-1)22-13-14-25-23(17-22)15-16-32-30(25)28-19-24(21-9-3-4-10-21)18-27-26-11-5-6-12-29(26)33-31(27)28;1-8(2)5-10(12)7-11(13)6-9(3)4;/h5-6,11-18,20-21H,1-4,7-10H2;7-9,12H,5-6H2,1-4H3;/q-1;;/b;10-7-;. The maximum absolute atomic E-state index is 11.2. The van der Waals surface area contributed by atoms with Crippen LogP contribution in [0.1, 0.15) is 115 Å². The van der Waals surface area contributed by atoms with Gasteiger partial charge in [-0.1, -0.05) is 101 Å². The summed E-state index contributed by atoms with van der Waals surface area (Å²) in [6, 6.07) is 23.7. The number of nitrogens with zero attached hydrogens (tertiary/aromatic N) is 1. The van der Waals surface area contributed by atoms with Gasteiger partial charge in [0.1, 0.15) is 5.58 Å². The van der Waals surface area contributed by atoms with E-state index in [-0.39, 0.29) is 31.6 Å². The monoisotopic (exact) mass is 807 g/mol. The molecule has 2 saturated carbocycles. The Balaban J connectivity index is 0.000000267. The number of aliphatic hydroxyl groups is 1. The van der Waals surface area contributed by atoms with Crippen LogP contribution in [-0.2, 0) is 24.9 Å². The molecule has 0 amide bonds. The van der Waals surface area contributed by atoms with E-state index in [9.17, 15) is 9.90 Å². The number of allylic oxidation sites excluding steroid dienone is 2. The Morgan fingerprint density at radius 3 is 2.26 bits per heavy atom. The van der Waals surface area contributed by atoms with E-state index in [2.05, 4.69) is 54.6 Å². The molecule has 0 aliphatic heterocycles. The zero-order valence-electron chi connectivity index (χ0n) is 28.3. The molecule has 2 fully saturated rings. The molecule has 2 aromatic heterocycles. The Kier molecular flexibility index (Phi) is 11.7. The van der Waals surface area contributed by atoms with E-state index >= 15 is 0 Å². The second-order valence-electron chi connectivity index (χ2n) is 14.3. The molecule has 3 aromatic carbocycles. The number of aliphatic hydroxyl groups excluding tert-OH is 1. The maximum Gasteiger partial charge on any atom is 0.159 e. The Bertz CT molecular complexity index is 1850. The number of furan rings is 1. The van der Waals surface area contributed by atoms with Gasteiger partial charge in [0, 0.05) is 50.6 Å². The summed E-state index contributed by atoms with van der Waals surface area (Å²) in [6.45, 7) is 8.00. The van der Waals surface area contributed by atoms with Gasteiger partial charge in [-0.3, -0.25) is 4.79 Å². The van der Waals surface area contributed by atoms with Crippen LogP contribution < -0.4 is 0 Å². The van der Waals surface area contributed by atoms with Gasteiger partial charge < -0.3 is 14.5 Å². The summed E-state index contributed by atoms with van der Waals surface area (Å²) in [5.74, 6) is 2.28. The number of para-hydroxylation sites is 1. The molecule has 5 heteroatoms. The van der Waals surface area contributed by atoms with Gasteiger partial charge in [-0.15, -0.1) is 17.7 Å². The van der Waals surface area contributed by atoms with E-state index in [1.54, 1.807) is 0 Å². The minimum atomic E-state index is 0. The summed E-state index contributed by atoms with van der Waals surface area (Å²) < 4.78 is 6.44. The minimum Gasteiger partial charge on any atom is -0.512 e.